The summed E-state index contributed by atoms with van der Waals surface area (Å²) >= 11 is 0. The molecule has 0 aliphatic rings. The number of unbranched alkanes of at least 4 members (excludes halogenated alkanes) is 29. The number of nitrogens with one attached hydrogen (secondary N) is 1. The summed E-state index contributed by atoms with van der Waals surface area (Å²) in [6.07, 6.45) is 64.6. The van der Waals surface area contributed by atoms with Crippen LogP contribution in [0.15, 0.2) is 60.8 Å². The van der Waals surface area contributed by atoms with E-state index in [-0.39, 0.29) is 19.1 Å². The number of rotatable bonds is 50. The Hall–Kier alpha value is -1.80. The Morgan fingerprint density at radius 2 is 0.879 bits per heavy atom. The van der Waals surface area contributed by atoms with Gasteiger partial charge in [0.1, 0.15) is 13.2 Å². The lowest BCUT2D eigenvalue weighted by Gasteiger charge is -2.25. The summed E-state index contributed by atoms with van der Waals surface area (Å²) in [5.41, 5.74) is 0. The maximum absolute atomic E-state index is 13.0. The highest BCUT2D eigenvalue weighted by Gasteiger charge is 2.27. The van der Waals surface area contributed by atoms with Crippen LogP contribution in [0, 0.1) is 0 Å². The summed E-state index contributed by atoms with van der Waals surface area (Å²) in [7, 11) is 1.55. The van der Waals surface area contributed by atoms with Gasteiger partial charge in [0.25, 0.3) is 0 Å². The molecule has 1 amide bonds. The highest BCUT2D eigenvalue weighted by molar-refractivity contribution is 7.47. The molecule has 0 aromatic heterocycles. The number of amides is 1. The fourth-order valence-corrected chi connectivity index (χ4v) is 8.57. The number of aliphatic hydroxyl groups is 1. The molecule has 0 aliphatic carbocycles. The van der Waals surface area contributed by atoms with Gasteiger partial charge in [0.15, 0.2) is 0 Å². The molecule has 3 unspecified atom stereocenters. The number of carbonyl (C=O) groups excluding carboxylic acids is 1. The van der Waals surface area contributed by atoms with Crippen molar-refractivity contribution in [3.05, 3.63) is 60.8 Å². The van der Waals surface area contributed by atoms with Crippen LogP contribution in [0.4, 0.5) is 0 Å². The largest absolute Gasteiger partial charge is 0.472 e. The Balaban J connectivity index is 4.25. The third-order valence-corrected chi connectivity index (χ3v) is 13.2. The van der Waals surface area contributed by atoms with Gasteiger partial charge in [-0.3, -0.25) is 13.8 Å². The lowest BCUT2D eigenvalue weighted by molar-refractivity contribution is -0.870. The van der Waals surface area contributed by atoms with Crippen LogP contribution in [0.3, 0.4) is 0 Å². The van der Waals surface area contributed by atoms with Crippen molar-refractivity contribution in [2.24, 2.45) is 0 Å². The third kappa shape index (κ3) is 50.1. The van der Waals surface area contributed by atoms with Crippen LogP contribution in [-0.2, 0) is 18.4 Å². The first kappa shape index (κ1) is 64.2. The molecule has 0 rings (SSSR count). The lowest BCUT2D eigenvalue weighted by atomic mass is 10.0. The Morgan fingerprint density at radius 1 is 0.515 bits per heavy atom. The van der Waals surface area contributed by atoms with Crippen LogP contribution in [0.5, 0.6) is 0 Å². The van der Waals surface area contributed by atoms with Gasteiger partial charge < -0.3 is 19.8 Å². The van der Waals surface area contributed by atoms with Gasteiger partial charge in [-0.1, -0.05) is 229 Å². The summed E-state index contributed by atoms with van der Waals surface area (Å²) in [5.74, 6) is -0.189. The molecule has 0 aromatic carbocycles. The molecule has 0 heterocycles. The van der Waals surface area contributed by atoms with Crippen LogP contribution in [-0.4, -0.2) is 73.4 Å². The van der Waals surface area contributed by atoms with Gasteiger partial charge >= 0.3 is 7.82 Å². The van der Waals surface area contributed by atoms with Crippen LogP contribution in [0.25, 0.3) is 0 Å². The standard InChI is InChI=1S/C57H107N2O6P/c1-6-8-10-12-14-16-18-20-22-24-25-26-27-28-29-30-31-32-33-35-37-39-41-43-45-47-49-51-57(61)58-55(54-65-66(62,63)64-53-52-59(3,4)5)56(60)50-48-46-44-42-40-38-36-34-23-21-19-17-15-13-11-9-7-2/h18,20,24-25,27-28,40,42,48,50,55-56,60H,6-17,19,21-23,26,29-39,41,43-47,49,51-54H2,1-5H3,(H-,58,61,62,63)/p+1/b20-18-,25-24-,28-27-,42-40+,50-48+. The highest BCUT2D eigenvalue weighted by Crippen LogP contribution is 2.43. The minimum absolute atomic E-state index is 0.0543. The van der Waals surface area contributed by atoms with Crippen molar-refractivity contribution in [3.63, 3.8) is 0 Å². The minimum atomic E-state index is -4.35. The summed E-state index contributed by atoms with van der Waals surface area (Å²) in [4.78, 5) is 23.3. The highest BCUT2D eigenvalue weighted by atomic mass is 31.2. The first-order valence-electron chi connectivity index (χ1n) is 27.7. The SMILES string of the molecule is CCCCCCC/C=C\C/C=C\C/C=C\CCCCCCCCCCCCCCC(=O)NC(COP(=O)(O)OCC[N+](C)(C)C)C(O)/C=C/CC/C=C/CCCCCCCCCCCCC. The number of quaternary nitrogens is 1. The second kappa shape index (κ2) is 48.2. The van der Waals surface area contributed by atoms with Crippen LogP contribution in [0.2, 0.25) is 0 Å². The average Bonchev–Trinajstić information content (AvgIpc) is 3.28. The van der Waals surface area contributed by atoms with Crippen LogP contribution in [0.1, 0.15) is 245 Å². The van der Waals surface area contributed by atoms with Crippen molar-refractivity contribution in [2.75, 3.05) is 40.9 Å². The molecule has 3 atom stereocenters. The van der Waals surface area contributed by atoms with Crippen molar-refractivity contribution < 1.29 is 32.9 Å². The average molecular weight is 948 g/mol. The van der Waals surface area contributed by atoms with Crippen molar-refractivity contribution in [3.8, 4) is 0 Å². The van der Waals surface area contributed by atoms with Crippen LogP contribution >= 0.6 is 7.82 Å². The number of phosphoric ester groups is 1. The van der Waals surface area contributed by atoms with E-state index in [9.17, 15) is 19.4 Å². The van der Waals surface area contributed by atoms with Crippen molar-refractivity contribution in [1.82, 2.24) is 5.32 Å². The number of phosphoric acid groups is 1. The summed E-state index contributed by atoms with van der Waals surface area (Å²) in [6.45, 7) is 4.79. The monoisotopic (exact) mass is 948 g/mol. The van der Waals surface area contributed by atoms with E-state index >= 15 is 0 Å². The summed E-state index contributed by atoms with van der Waals surface area (Å²) in [5, 5.41) is 13.9. The number of carbonyl (C=O) groups is 1. The Labute approximate surface area is 409 Å². The summed E-state index contributed by atoms with van der Waals surface area (Å²) in [6, 6.07) is -0.866. The van der Waals surface area contributed by atoms with Gasteiger partial charge in [-0.2, -0.15) is 0 Å². The van der Waals surface area contributed by atoms with Gasteiger partial charge in [0, 0.05) is 6.42 Å². The quantitative estimate of drug-likeness (QED) is 0.0243. The van der Waals surface area contributed by atoms with E-state index in [0.717, 1.165) is 51.4 Å². The molecule has 0 saturated carbocycles. The molecular formula is C57H108N2O6P+. The van der Waals surface area contributed by atoms with Crippen molar-refractivity contribution in [2.45, 2.75) is 257 Å². The maximum Gasteiger partial charge on any atom is 0.472 e. The Kier molecular flexibility index (Phi) is 46.9. The van der Waals surface area contributed by atoms with Gasteiger partial charge in [-0.25, -0.2) is 4.57 Å². The Bertz CT molecular complexity index is 1260. The molecule has 9 heteroatoms. The summed E-state index contributed by atoms with van der Waals surface area (Å²) < 4.78 is 23.7. The van der Waals surface area contributed by atoms with E-state index in [4.69, 9.17) is 9.05 Å². The minimum Gasteiger partial charge on any atom is -0.387 e. The van der Waals surface area contributed by atoms with E-state index < -0.39 is 20.0 Å². The molecule has 8 nitrogen and oxygen atoms in total. The zero-order valence-corrected chi connectivity index (χ0v) is 44.8. The molecule has 0 aromatic rings. The second-order valence-electron chi connectivity index (χ2n) is 19.9. The van der Waals surface area contributed by atoms with Gasteiger partial charge in [-0.05, 0) is 70.6 Å². The van der Waals surface area contributed by atoms with Crippen molar-refractivity contribution in [1.29, 1.82) is 0 Å². The number of likely N-dealkylation sites (N-methyl/N-ethyl adjacent to an activating group) is 1. The predicted molar refractivity (Wildman–Crippen MR) is 286 cm³/mol. The van der Waals surface area contributed by atoms with E-state index in [2.05, 4.69) is 67.8 Å². The van der Waals surface area contributed by atoms with Crippen molar-refractivity contribution >= 4 is 13.7 Å². The predicted octanol–water partition coefficient (Wildman–Crippen LogP) is 16.5. The van der Waals surface area contributed by atoms with Crippen LogP contribution < -0.4 is 5.32 Å². The van der Waals surface area contributed by atoms with E-state index in [0.29, 0.717) is 17.4 Å². The number of nitrogens with zero attached hydrogens (tertiary/aromatic N) is 1. The maximum atomic E-state index is 13.0. The molecule has 386 valence electrons. The fourth-order valence-electron chi connectivity index (χ4n) is 7.83. The molecule has 3 N–H and O–H groups in total. The van der Waals surface area contributed by atoms with E-state index in [1.165, 1.54) is 173 Å². The topological polar surface area (TPSA) is 105 Å². The molecule has 0 bridgehead atoms. The van der Waals surface area contributed by atoms with E-state index in [1.807, 2.05) is 27.2 Å². The first-order chi connectivity index (χ1) is 32.0. The van der Waals surface area contributed by atoms with Gasteiger partial charge in [0.2, 0.25) is 5.91 Å². The smallest absolute Gasteiger partial charge is 0.387 e. The molecule has 0 fully saturated rings. The van der Waals surface area contributed by atoms with E-state index in [1.54, 1.807) is 6.08 Å². The molecule has 0 saturated heterocycles. The normalized spacial score (nSPS) is 14.5. The molecular weight excluding hydrogens is 840 g/mol. The molecule has 0 spiro atoms. The fraction of sp³-hybridized carbons (Fsp3) is 0.807. The molecule has 0 radical (unpaired) electrons. The zero-order valence-electron chi connectivity index (χ0n) is 43.9. The number of hydrogen-bond donors (Lipinski definition) is 3. The van der Waals surface area contributed by atoms with Gasteiger partial charge in [0.05, 0.1) is 39.9 Å². The zero-order chi connectivity index (χ0) is 48.5. The molecule has 0 aliphatic heterocycles. The Morgan fingerprint density at radius 3 is 1.32 bits per heavy atom. The number of hydrogen-bond acceptors (Lipinski definition) is 5. The third-order valence-electron chi connectivity index (χ3n) is 12.2. The lowest BCUT2D eigenvalue weighted by Crippen LogP contribution is -2.45. The number of aliphatic hydroxyl groups excluding tert-OH is 1. The second-order valence-corrected chi connectivity index (χ2v) is 21.4. The molecule has 66 heavy (non-hydrogen) atoms. The number of allylic oxidation sites excluding steroid dienone is 9. The first-order valence-corrected chi connectivity index (χ1v) is 29.2. The van der Waals surface area contributed by atoms with Gasteiger partial charge in [-0.15, -0.1) is 0 Å².